The predicted octanol–water partition coefficient (Wildman–Crippen LogP) is 3.73. The first-order chi connectivity index (χ1) is 10.6. The lowest BCUT2D eigenvalue weighted by atomic mass is 10.1. The van der Waals surface area contributed by atoms with Crippen LogP contribution >= 0.6 is 23.4 Å². The van der Waals surface area contributed by atoms with E-state index in [-0.39, 0.29) is 5.63 Å². The third-order valence-electron chi connectivity index (χ3n) is 3.31. The zero-order valence-corrected chi connectivity index (χ0v) is 13.7. The second-order valence-corrected chi connectivity index (χ2v) is 6.24. The number of rotatable bonds is 4. The maximum Gasteiger partial charge on any atom is 0.336 e. The Morgan fingerprint density at radius 3 is 2.91 bits per heavy atom. The third kappa shape index (κ3) is 3.03. The van der Waals surface area contributed by atoms with Gasteiger partial charge in [-0.2, -0.15) is 0 Å². The van der Waals surface area contributed by atoms with E-state index in [1.807, 2.05) is 19.9 Å². The molecule has 0 bridgehead atoms. The molecule has 2 heterocycles. The van der Waals surface area contributed by atoms with Crippen LogP contribution < -0.4 is 5.63 Å². The smallest absolute Gasteiger partial charge is 0.336 e. The number of aromatic nitrogens is 3. The van der Waals surface area contributed by atoms with Crippen molar-refractivity contribution in [2.45, 2.75) is 31.2 Å². The van der Waals surface area contributed by atoms with Gasteiger partial charge in [-0.25, -0.2) is 9.78 Å². The van der Waals surface area contributed by atoms with E-state index in [0.717, 1.165) is 28.8 Å². The van der Waals surface area contributed by atoms with Crippen molar-refractivity contribution < 1.29 is 4.42 Å². The number of halogens is 1. The van der Waals surface area contributed by atoms with Crippen LogP contribution in [0.1, 0.15) is 23.9 Å². The Bertz CT molecular complexity index is 888. The van der Waals surface area contributed by atoms with Gasteiger partial charge in [0.25, 0.3) is 0 Å². The maximum absolute atomic E-state index is 11.7. The van der Waals surface area contributed by atoms with Gasteiger partial charge in [-0.15, -0.1) is 5.10 Å². The molecule has 0 amide bonds. The van der Waals surface area contributed by atoms with Gasteiger partial charge in [-0.05, 0) is 30.2 Å². The van der Waals surface area contributed by atoms with E-state index in [1.165, 1.54) is 17.8 Å². The largest absolute Gasteiger partial charge is 0.423 e. The molecule has 0 atom stereocenters. The van der Waals surface area contributed by atoms with Crippen molar-refractivity contribution in [3.8, 4) is 0 Å². The van der Waals surface area contributed by atoms with E-state index in [1.54, 1.807) is 6.07 Å². The lowest BCUT2D eigenvalue weighted by Gasteiger charge is -2.06. The molecule has 1 aromatic carbocycles. The average molecular weight is 336 g/mol. The molecule has 1 N–H and O–H groups in total. The summed E-state index contributed by atoms with van der Waals surface area (Å²) in [5, 5.41) is 9.17. The normalized spacial score (nSPS) is 11.2. The van der Waals surface area contributed by atoms with Gasteiger partial charge < -0.3 is 4.42 Å². The highest BCUT2D eigenvalue weighted by atomic mass is 35.5. The Morgan fingerprint density at radius 2 is 2.18 bits per heavy atom. The molecule has 2 aromatic heterocycles. The zero-order chi connectivity index (χ0) is 15.7. The number of aryl methyl sites for hydroxylation is 2. The first-order valence-electron chi connectivity index (χ1n) is 6.83. The second kappa shape index (κ2) is 6.14. The van der Waals surface area contributed by atoms with Crippen molar-refractivity contribution in [1.82, 2.24) is 15.2 Å². The van der Waals surface area contributed by atoms with Crippen LogP contribution in [0.25, 0.3) is 11.0 Å². The summed E-state index contributed by atoms with van der Waals surface area (Å²) in [4.78, 5) is 16.1. The number of fused-ring (bicyclic) bond motifs is 1. The number of hydrogen-bond acceptors (Lipinski definition) is 5. The molecule has 22 heavy (non-hydrogen) atoms. The minimum absolute atomic E-state index is 0.367. The predicted molar refractivity (Wildman–Crippen MR) is 87.6 cm³/mol. The Kier molecular flexibility index (Phi) is 4.22. The van der Waals surface area contributed by atoms with Crippen LogP contribution in [0, 0.1) is 6.92 Å². The highest BCUT2D eigenvalue weighted by Crippen LogP contribution is 2.28. The van der Waals surface area contributed by atoms with Gasteiger partial charge in [-0.3, -0.25) is 5.10 Å². The van der Waals surface area contributed by atoms with Crippen LogP contribution in [-0.2, 0) is 12.2 Å². The van der Waals surface area contributed by atoms with Gasteiger partial charge in [0, 0.05) is 28.6 Å². The summed E-state index contributed by atoms with van der Waals surface area (Å²) in [5.41, 5.74) is 1.92. The van der Waals surface area contributed by atoms with Gasteiger partial charge in [0.05, 0.1) is 0 Å². The summed E-state index contributed by atoms with van der Waals surface area (Å²) in [6, 6.07) is 5.12. The van der Waals surface area contributed by atoms with Crippen molar-refractivity contribution in [3.05, 3.63) is 50.6 Å². The fourth-order valence-corrected chi connectivity index (χ4v) is 3.08. The molecular formula is C15H14ClN3O2S. The lowest BCUT2D eigenvalue weighted by Crippen LogP contribution is -2.00. The molecule has 3 rings (SSSR count). The van der Waals surface area contributed by atoms with Crippen molar-refractivity contribution in [2.75, 3.05) is 0 Å². The number of thioether (sulfide) groups is 1. The van der Waals surface area contributed by atoms with Crippen LogP contribution in [0.3, 0.4) is 0 Å². The second-order valence-electron chi connectivity index (χ2n) is 4.90. The summed E-state index contributed by atoms with van der Waals surface area (Å²) in [6.45, 7) is 3.89. The van der Waals surface area contributed by atoms with Gasteiger partial charge in [0.2, 0.25) is 5.16 Å². The molecule has 0 spiro atoms. The Labute approximate surface area is 136 Å². The summed E-state index contributed by atoms with van der Waals surface area (Å²) in [5.74, 6) is 1.42. The standard InChI is InChI=1S/C15H14ClN3O2S/c1-3-13-17-15(19-18-13)22-7-9-5-14(20)21-12-4-8(2)11(16)6-10(9)12/h4-6H,3,7H2,1-2H3,(H,17,18,19). The molecule has 0 aliphatic carbocycles. The molecule has 0 saturated carbocycles. The first kappa shape index (κ1) is 15.1. The Hall–Kier alpha value is -1.79. The highest BCUT2D eigenvalue weighted by Gasteiger charge is 2.10. The Balaban J connectivity index is 1.95. The highest BCUT2D eigenvalue weighted by molar-refractivity contribution is 7.98. The lowest BCUT2D eigenvalue weighted by molar-refractivity contribution is 0.559. The van der Waals surface area contributed by atoms with E-state index >= 15 is 0 Å². The van der Waals surface area contributed by atoms with Crippen LogP contribution in [0.2, 0.25) is 5.02 Å². The third-order valence-corrected chi connectivity index (χ3v) is 4.62. The molecule has 3 aromatic rings. The van der Waals surface area contributed by atoms with E-state index in [0.29, 0.717) is 21.5 Å². The van der Waals surface area contributed by atoms with E-state index < -0.39 is 0 Å². The maximum atomic E-state index is 11.7. The fourth-order valence-electron chi connectivity index (χ4n) is 2.11. The van der Waals surface area contributed by atoms with Gasteiger partial charge >= 0.3 is 5.63 Å². The molecule has 5 nitrogen and oxygen atoms in total. The molecule has 7 heteroatoms. The molecule has 0 aliphatic rings. The van der Waals surface area contributed by atoms with Crippen molar-refractivity contribution in [2.24, 2.45) is 0 Å². The van der Waals surface area contributed by atoms with Crippen LogP contribution in [0.4, 0.5) is 0 Å². The monoisotopic (exact) mass is 335 g/mol. The molecule has 0 unspecified atom stereocenters. The number of benzene rings is 1. The number of hydrogen-bond donors (Lipinski definition) is 1. The molecule has 0 saturated heterocycles. The van der Waals surface area contributed by atoms with Crippen molar-refractivity contribution >= 4 is 34.3 Å². The summed E-state index contributed by atoms with van der Waals surface area (Å²) in [7, 11) is 0. The topological polar surface area (TPSA) is 71.8 Å². The van der Waals surface area contributed by atoms with E-state index in [4.69, 9.17) is 16.0 Å². The zero-order valence-electron chi connectivity index (χ0n) is 12.1. The molecule has 0 fully saturated rings. The average Bonchev–Trinajstić information content (AvgIpc) is 2.94. The molecule has 114 valence electrons. The van der Waals surface area contributed by atoms with Crippen LogP contribution in [0.15, 0.2) is 32.6 Å². The van der Waals surface area contributed by atoms with Gasteiger partial charge in [0.1, 0.15) is 11.4 Å². The minimum atomic E-state index is -0.367. The summed E-state index contributed by atoms with van der Waals surface area (Å²) in [6.07, 6.45) is 0.806. The Morgan fingerprint density at radius 1 is 1.36 bits per heavy atom. The number of H-pyrrole nitrogens is 1. The minimum Gasteiger partial charge on any atom is -0.423 e. The molecule has 0 aliphatic heterocycles. The van der Waals surface area contributed by atoms with E-state index in [9.17, 15) is 4.79 Å². The number of nitrogens with one attached hydrogen (secondary N) is 1. The van der Waals surface area contributed by atoms with Gasteiger partial charge in [-0.1, -0.05) is 30.3 Å². The van der Waals surface area contributed by atoms with Crippen LogP contribution in [0.5, 0.6) is 0 Å². The SMILES string of the molecule is CCc1nc(SCc2cc(=O)oc3cc(C)c(Cl)cc23)n[nH]1. The number of aromatic amines is 1. The van der Waals surface area contributed by atoms with Crippen LogP contribution in [-0.4, -0.2) is 15.2 Å². The first-order valence-corrected chi connectivity index (χ1v) is 8.20. The summed E-state index contributed by atoms with van der Waals surface area (Å²) >= 11 is 7.65. The van der Waals surface area contributed by atoms with Crippen molar-refractivity contribution in [1.29, 1.82) is 0 Å². The summed E-state index contributed by atoms with van der Waals surface area (Å²) < 4.78 is 5.25. The van der Waals surface area contributed by atoms with Gasteiger partial charge in [0.15, 0.2) is 0 Å². The molecular weight excluding hydrogens is 322 g/mol. The van der Waals surface area contributed by atoms with E-state index in [2.05, 4.69) is 15.2 Å². The molecule has 0 radical (unpaired) electrons. The van der Waals surface area contributed by atoms with Crippen molar-refractivity contribution in [3.63, 3.8) is 0 Å². The quantitative estimate of drug-likeness (QED) is 0.581. The fraction of sp³-hybridized carbons (Fsp3) is 0.267. The number of nitrogens with zero attached hydrogens (tertiary/aromatic N) is 2.